The quantitative estimate of drug-likeness (QED) is 0.923. The minimum atomic E-state index is 0.426. The summed E-state index contributed by atoms with van der Waals surface area (Å²) in [6, 6.07) is 0. The summed E-state index contributed by atoms with van der Waals surface area (Å²) in [6.07, 6.45) is 5.66. The van der Waals surface area contributed by atoms with Gasteiger partial charge >= 0.3 is 0 Å². The molecule has 0 saturated heterocycles. The van der Waals surface area contributed by atoms with Crippen molar-refractivity contribution in [1.29, 1.82) is 0 Å². The fraction of sp³-hybridized carbons (Fsp3) is 0.812. The molecule has 20 heavy (non-hydrogen) atoms. The van der Waals surface area contributed by atoms with E-state index in [0.717, 1.165) is 30.1 Å². The van der Waals surface area contributed by atoms with Gasteiger partial charge in [-0.25, -0.2) is 0 Å². The summed E-state index contributed by atoms with van der Waals surface area (Å²) >= 11 is 6.50. The molecule has 0 radical (unpaired) electrons. The van der Waals surface area contributed by atoms with E-state index in [0.29, 0.717) is 17.3 Å². The highest BCUT2D eigenvalue weighted by molar-refractivity contribution is 6.31. The second-order valence-electron chi connectivity index (χ2n) is 7.05. The van der Waals surface area contributed by atoms with E-state index in [1.165, 1.54) is 25.0 Å². The molecular formula is C16H28ClN3. The number of nitrogens with two attached hydrogens (primary N) is 1. The molecule has 1 heterocycles. The fourth-order valence-corrected chi connectivity index (χ4v) is 4.00. The van der Waals surface area contributed by atoms with Crippen LogP contribution in [0.4, 0.5) is 0 Å². The third kappa shape index (κ3) is 3.20. The van der Waals surface area contributed by atoms with Gasteiger partial charge in [0.2, 0.25) is 0 Å². The average molecular weight is 298 g/mol. The van der Waals surface area contributed by atoms with Crippen molar-refractivity contribution in [3.63, 3.8) is 0 Å². The largest absolute Gasteiger partial charge is 0.330 e. The lowest BCUT2D eigenvalue weighted by molar-refractivity contribution is 0.120. The summed E-state index contributed by atoms with van der Waals surface area (Å²) < 4.78 is 1.97. The standard InChI is InChI=1S/C16H28ClN3/c1-5-13-15(17)14(20(4)19-13)8-12-9-16(2,3)7-6-11(12)10-18/h11-12H,5-10,18H2,1-4H3. The van der Waals surface area contributed by atoms with Crippen LogP contribution in [-0.4, -0.2) is 16.3 Å². The van der Waals surface area contributed by atoms with Gasteiger partial charge in [0.15, 0.2) is 0 Å². The molecule has 1 aliphatic rings. The minimum absolute atomic E-state index is 0.426. The Morgan fingerprint density at radius 1 is 1.40 bits per heavy atom. The zero-order chi connectivity index (χ0) is 14.9. The van der Waals surface area contributed by atoms with E-state index in [4.69, 9.17) is 17.3 Å². The third-order valence-electron chi connectivity index (χ3n) is 4.93. The highest BCUT2D eigenvalue weighted by Gasteiger charge is 2.35. The van der Waals surface area contributed by atoms with Crippen molar-refractivity contribution in [1.82, 2.24) is 9.78 Å². The number of nitrogens with zero attached hydrogens (tertiary/aromatic N) is 2. The van der Waals surface area contributed by atoms with Crippen molar-refractivity contribution in [2.75, 3.05) is 6.54 Å². The molecule has 0 aromatic carbocycles. The van der Waals surface area contributed by atoms with E-state index < -0.39 is 0 Å². The molecule has 2 N–H and O–H groups in total. The Bertz CT molecular complexity index is 465. The number of halogens is 1. The Balaban J connectivity index is 2.20. The van der Waals surface area contributed by atoms with Gasteiger partial charge in [-0.3, -0.25) is 4.68 Å². The van der Waals surface area contributed by atoms with Crippen LogP contribution in [0.25, 0.3) is 0 Å². The van der Waals surface area contributed by atoms with Crippen LogP contribution in [0.1, 0.15) is 51.4 Å². The van der Waals surface area contributed by atoms with Crippen LogP contribution in [-0.2, 0) is 19.9 Å². The van der Waals surface area contributed by atoms with Gasteiger partial charge in [0.1, 0.15) is 0 Å². The summed E-state index contributed by atoms with van der Waals surface area (Å²) in [6.45, 7) is 7.63. The predicted octanol–water partition coefficient (Wildman–Crippen LogP) is 3.58. The van der Waals surface area contributed by atoms with Gasteiger partial charge in [-0.15, -0.1) is 0 Å². The zero-order valence-electron chi connectivity index (χ0n) is 13.2. The molecule has 1 aromatic rings. The van der Waals surface area contributed by atoms with E-state index in [1.807, 2.05) is 11.7 Å². The first kappa shape index (κ1) is 15.8. The number of hydrogen-bond acceptors (Lipinski definition) is 2. The van der Waals surface area contributed by atoms with Gasteiger partial charge in [0.25, 0.3) is 0 Å². The molecule has 1 aliphatic carbocycles. The zero-order valence-corrected chi connectivity index (χ0v) is 14.0. The average Bonchev–Trinajstić information content (AvgIpc) is 2.65. The van der Waals surface area contributed by atoms with Crippen molar-refractivity contribution >= 4 is 11.6 Å². The number of rotatable bonds is 4. The molecule has 0 spiro atoms. The second kappa shape index (κ2) is 6.07. The minimum Gasteiger partial charge on any atom is -0.330 e. The lowest BCUT2D eigenvalue weighted by atomic mass is 9.66. The lowest BCUT2D eigenvalue weighted by Gasteiger charge is -2.40. The smallest absolute Gasteiger partial charge is 0.0849 e. The number of aromatic nitrogens is 2. The van der Waals surface area contributed by atoms with Crippen molar-refractivity contribution in [2.45, 2.75) is 52.9 Å². The summed E-state index contributed by atoms with van der Waals surface area (Å²) in [5.41, 5.74) is 8.62. The summed E-state index contributed by atoms with van der Waals surface area (Å²) in [5, 5.41) is 5.40. The predicted molar refractivity (Wildman–Crippen MR) is 85.0 cm³/mol. The van der Waals surface area contributed by atoms with Crippen LogP contribution >= 0.6 is 11.6 Å². The highest BCUT2D eigenvalue weighted by atomic mass is 35.5. The van der Waals surface area contributed by atoms with E-state index in [1.54, 1.807) is 0 Å². The van der Waals surface area contributed by atoms with Gasteiger partial charge < -0.3 is 5.73 Å². The monoisotopic (exact) mass is 297 g/mol. The maximum absolute atomic E-state index is 6.50. The van der Waals surface area contributed by atoms with Crippen molar-refractivity contribution in [3.05, 3.63) is 16.4 Å². The Kier molecular flexibility index (Phi) is 4.80. The molecule has 1 aromatic heterocycles. The number of aryl methyl sites for hydroxylation is 2. The molecule has 1 saturated carbocycles. The van der Waals surface area contributed by atoms with Gasteiger partial charge in [-0.2, -0.15) is 5.10 Å². The van der Waals surface area contributed by atoms with E-state index in [-0.39, 0.29) is 0 Å². The van der Waals surface area contributed by atoms with E-state index in [2.05, 4.69) is 25.9 Å². The van der Waals surface area contributed by atoms with Crippen molar-refractivity contribution in [3.8, 4) is 0 Å². The fourth-order valence-electron chi connectivity index (χ4n) is 3.63. The van der Waals surface area contributed by atoms with Crippen molar-refractivity contribution in [2.24, 2.45) is 30.0 Å². The van der Waals surface area contributed by atoms with Gasteiger partial charge in [-0.05, 0) is 55.9 Å². The first-order chi connectivity index (χ1) is 9.38. The van der Waals surface area contributed by atoms with Crippen LogP contribution in [0.3, 0.4) is 0 Å². The molecule has 2 rings (SSSR count). The molecule has 0 aliphatic heterocycles. The van der Waals surface area contributed by atoms with Crippen LogP contribution < -0.4 is 5.73 Å². The lowest BCUT2D eigenvalue weighted by Crippen LogP contribution is -2.35. The molecule has 2 unspecified atom stereocenters. The van der Waals surface area contributed by atoms with Gasteiger partial charge in [0, 0.05) is 7.05 Å². The summed E-state index contributed by atoms with van der Waals surface area (Å²) in [4.78, 5) is 0. The molecule has 114 valence electrons. The SMILES string of the molecule is CCc1nn(C)c(CC2CC(C)(C)CCC2CN)c1Cl. The highest BCUT2D eigenvalue weighted by Crippen LogP contribution is 2.43. The molecule has 0 amide bonds. The first-order valence-corrected chi connectivity index (χ1v) is 8.16. The topological polar surface area (TPSA) is 43.8 Å². The Hall–Kier alpha value is -0.540. The van der Waals surface area contributed by atoms with Crippen LogP contribution in [0.2, 0.25) is 5.02 Å². The molecule has 3 nitrogen and oxygen atoms in total. The van der Waals surface area contributed by atoms with Gasteiger partial charge in [-0.1, -0.05) is 32.4 Å². The Labute approximate surface area is 127 Å². The molecule has 4 heteroatoms. The van der Waals surface area contributed by atoms with Crippen LogP contribution in [0.15, 0.2) is 0 Å². The van der Waals surface area contributed by atoms with Crippen molar-refractivity contribution < 1.29 is 0 Å². The summed E-state index contributed by atoms with van der Waals surface area (Å²) in [5.74, 6) is 1.25. The second-order valence-corrected chi connectivity index (χ2v) is 7.43. The Morgan fingerprint density at radius 2 is 2.10 bits per heavy atom. The van der Waals surface area contributed by atoms with Crippen LogP contribution in [0, 0.1) is 17.3 Å². The van der Waals surface area contributed by atoms with Gasteiger partial charge in [0.05, 0.1) is 16.4 Å². The molecule has 1 fully saturated rings. The van der Waals surface area contributed by atoms with Crippen LogP contribution in [0.5, 0.6) is 0 Å². The normalized spacial score (nSPS) is 25.9. The maximum atomic E-state index is 6.50. The van der Waals surface area contributed by atoms with E-state index >= 15 is 0 Å². The maximum Gasteiger partial charge on any atom is 0.0849 e. The Morgan fingerprint density at radius 3 is 2.65 bits per heavy atom. The number of hydrogen-bond donors (Lipinski definition) is 1. The summed E-state index contributed by atoms with van der Waals surface area (Å²) in [7, 11) is 2.01. The molecule has 0 bridgehead atoms. The molecular weight excluding hydrogens is 270 g/mol. The van der Waals surface area contributed by atoms with E-state index in [9.17, 15) is 0 Å². The third-order valence-corrected chi connectivity index (χ3v) is 5.37. The molecule has 2 atom stereocenters. The first-order valence-electron chi connectivity index (χ1n) is 7.78.